The molecule has 1 rings (SSSR count). The van der Waals surface area contributed by atoms with Gasteiger partial charge in [-0.05, 0) is 32.6 Å². The van der Waals surface area contributed by atoms with Crippen LogP contribution in [0.15, 0.2) is 0 Å². The van der Waals surface area contributed by atoms with Gasteiger partial charge in [0, 0.05) is 19.6 Å². The van der Waals surface area contributed by atoms with Crippen LogP contribution in [0, 0.1) is 0 Å². The highest BCUT2D eigenvalue weighted by molar-refractivity contribution is 5.86. The third kappa shape index (κ3) is 2.76. The molecule has 0 aromatic carbocycles. The van der Waals surface area contributed by atoms with E-state index < -0.39 is 11.5 Å². The van der Waals surface area contributed by atoms with Crippen LogP contribution in [0.25, 0.3) is 0 Å². The fourth-order valence-electron chi connectivity index (χ4n) is 2.51. The molecule has 0 aliphatic carbocycles. The molecule has 5 nitrogen and oxygen atoms in total. The Hall–Kier alpha value is -1.26. The predicted molar refractivity (Wildman–Crippen MR) is 69.5 cm³/mol. The highest BCUT2D eigenvalue weighted by Crippen LogP contribution is 2.30. The molecular weight excluding hydrogens is 232 g/mol. The molecule has 0 aromatic heterocycles. The smallest absolute Gasteiger partial charge is 0.329 e. The van der Waals surface area contributed by atoms with E-state index in [-0.39, 0.29) is 6.03 Å². The van der Waals surface area contributed by atoms with Gasteiger partial charge in [0.2, 0.25) is 0 Å². The molecule has 0 bridgehead atoms. The van der Waals surface area contributed by atoms with Gasteiger partial charge in [-0.1, -0.05) is 13.8 Å². The van der Waals surface area contributed by atoms with Crippen molar-refractivity contribution in [2.24, 2.45) is 0 Å². The fraction of sp³-hybridized carbons (Fsp3) is 0.846. The molecule has 1 heterocycles. The van der Waals surface area contributed by atoms with Crippen molar-refractivity contribution >= 4 is 12.0 Å². The molecule has 1 aliphatic rings. The fourth-order valence-corrected chi connectivity index (χ4v) is 2.51. The van der Waals surface area contributed by atoms with Crippen LogP contribution < -0.4 is 0 Å². The summed E-state index contributed by atoms with van der Waals surface area (Å²) in [6, 6.07) is -0.124. The van der Waals surface area contributed by atoms with Crippen molar-refractivity contribution in [2.75, 3.05) is 19.6 Å². The summed E-state index contributed by atoms with van der Waals surface area (Å²) in [5.74, 6) is -0.902. The number of carbonyl (C=O) groups excluding carboxylic acids is 1. The third-order valence-electron chi connectivity index (χ3n) is 3.59. The standard InChI is InChI=1S/C13H24N2O3/c1-4-8-14(9-5-2)12(18)15-10-6-7-13(15,3)11(16)17/h4-10H2,1-3H3,(H,16,17). The molecule has 0 spiro atoms. The number of rotatable bonds is 5. The van der Waals surface area contributed by atoms with Crippen molar-refractivity contribution in [1.29, 1.82) is 0 Å². The Morgan fingerprint density at radius 3 is 2.28 bits per heavy atom. The van der Waals surface area contributed by atoms with Crippen LogP contribution in [-0.4, -0.2) is 52.1 Å². The van der Waals surface area contributed by atoms with Crippen LogP contribution in [0.4, 0.5) is 4.79 Å². The molecular formula is C13H24N2O3. The zero-order chi connectivity index (χ0) is 13.8. The van der Waals surface area contributed by atoms with E-state index in [0.29, 0.717) is 26.1 Å². The number of carboxylic acid groups (broad SMARTS) is 1. The second-order valence-corrected chi connectivity index (χ2v) is 5.10. The second-order valence-electron chi connectivity index (χ2n) is 5.10. The van der Waals surface area contributed by atoms with Crippen LogP contribution in [0.2, 0.25) is 0 Å². The summed E-state index contributed by atoms with van der Waals surface area (Å²) in [4.78, 5) is 27.1. The van der Waals surface area contributed by atoms with E-state index in [0.717, 1.165) is 19.3 Å². The molecule has 1 saturated heterocycles. The van der Waals surface area contributed by atoms with Crippen molar-refractivity contribution in [1.82, 2.24) is 9.80 Å². The van der Waals surface area contributed by atoms with E-state index in [1.54, 1.807) is 11.8 Å². The number of aliphatic carboxylic acids is 1. The first-order valence-corrected chi connectivity index (χ1v) is 6.77. The zero-order valence-electron chi connectivity index (χ0n) is 11.6. The maximum absolute atomic E-state index is 12.4. The molecule has 18 heavy (non-hydrogen) atoms. The van der Waals surface area contributed by atoms with E-state index in [9.17, 15) is 14.7 Å². The SMILES string of the molecule is CCCN(CCC)C(=O)N1CCCC1(C)C(=O)O. The topological polar surface area (TPSA) is 60.9 Å². The molecule has 1 fully saturated rings. The lowest BCUT2D eigenvalue weighted by Gasteiger charge is -2.35. The molecule has 5 heteroatoms. The first-order chi connectivity index (χ1) is 8.47. The molecule has 1 unspecified atom stereocenters. The molecule has 0 saturated carbocycles. The summed E-state index contributed by atoms with van der Waals surface area (Å²) in [5.41, 5.74) is -1.03. The van der Waals surface area contributed by atoms with E-state index in [1.165, 1.54) is 4.90 Å². The maximum atomic E-state index is 12.4. The Morgan fingerprint density at radius 2 is 1.83 bits per heavy atom. The van der Waals surface area contributed by atoms with Gasteiger partial charge in [0.05, 0.1) is 0 Å². The molecule has 0 aromatic rings. The quantitative estimate of drug-likeness (QED) is 0.820. The summed E-state index contributed by atoms with van der Waals surface area (Å²) in [7, 11) is 0. The summed E-state index contributed by atoms with van der Waals surface area (Å²) < 4.78 is 0. The number of carboxylic acids is 1. The molecule has 2 amide bonds. The predicted octanol–water partition coefficient (Wildman–Crippen LogP) is 2.17. The molecule has 1 aliphatic heterocycles. The number of likely N-dealkylation sites (tertiary alicyclic amines) is 1. The minimum Gasteiger partial charge on any atom is -0.480 e. The summed E-state index contributed by atoms with van der Waals surface area (Å²) >= 11 is 0. The summed E-state index contributed by atoms with van der Waals surface area (Å²) in [5, 5.41) is 9.32. The van der Waals surface area contributed by atoms with Gasteiger partial charge in [0.1, 0.15) is 5.54 Å². The van der Waals surface area contributed by atoms with Crippen LogP contribution in [0.3, 0.4) is 0 Å². The van der Waals surface area contributed by atoms with Crippen LogP contribution >= 0.6 is 0 Å². The first kappa shape index (κ1) is 14.8. The Bertz CT molecular complexity index is 313. The lowest BCUT2D eigenvalue weighted by atomic mass is 10.00. The van der Waals surface area contributed by atoms with Crippen LogP contribution in [0.1, 0.15) is 46.5 Å². The Kier molecular flexibility index (Phi) is 4.99. The van der Waals surface area contributed by atoms with E-state index in [2.05, 4.69) is 0 Å². The van der Waals surface area contributed by atoms with Crippen molar-refractivity contribution in [3.8, 4) is 0 Å². The average Bonchev–Trinajstić information content (AvgIpc) is 2.71. The first-order valence-electron chi connectivity index (χ1n) is 6.77. The lowest BCUT2D eigenvalue weighted by Crippen LogP contribution is -2.55. The number of urea groups is 1. The monoisotopic (exact) mass is 256 g/mol. The lowest BCUT2D eigenvalue weighted by molar-refractivity contribution is -0.147. The largest absolute Gasteiger partial charge is 0.480 e. The van der Waals surface area contributed by atoms with Crippen molar-refractivity contribution in [2.45, 2.75) is 52.0 Å². The van der Waals surface area contributed by atoms with Gasteiger partial charge >= 0.3 is 12.0 Å². The molecule has 1 atom stereocenters. The number of amides is 2. The summed E-state index contributed by atoms with van der Waals surface area (Å²) in [6.07, 6.45) is 3.09. The summed E-state index contributed by atoms with van der Waals surface area (Å²) in [6.45, 7) is 7.63. The minimum atomic E-state index is -1.03. The van der Waals surface area contributed by atoms with Gasteiger partial charge in [-0.3, -0.25) is 0 Å². The van der Waals surface area contributed by atoms with Gasteiger partial charge in [-0.15, -0.1) is 0 Å². The van der Waals surface area contributed by atoms with E-state index in [4.69, 9.17) is 0 Å². The number of hydrogen-bond donors (Lipinski definition) is 1. The number of hydrogen-bond acceptors (Lipinski definition) is 2. The van der Waals surface area contributed by atoms with Gasteiger partial charge < -0.3 is 14.9 Å². The highest BCUT2D eigenvalue weighted by atomic mass is 16.4. The second kappa shape index (κ2) is 6.07. The van der Waals surface area contributed by atoms with Gasteiger partial charge in [-0.25, -0.2) is 9.59 Å². The van der Waals surface area contributed by atoms with E-state index >= 15 is 0 Å². The zero-order valence-corrected chi connectivity index (χ0v) is 11.6. The highest BCUT2D eigenvalue weighted by Gasteiger charge is 2.46. The van der Waals surface area contributed by atoms with Crippen molar-refractivity contribution in [3.63, 3.8) is 0 Å². The minimum absolute atomic E-state index is 0.124. The average molecular weight is 256 g/mol. The molecule has 0 radical (unpaired) electrons. The number of nitrogens with zero attached hydrogens (tertiary/aromatic N) is 2. The normalized spacial score (nSPS) is 23.2. The Morgan fingerprint density at radius 1 is 1.28 bits per heavy atom. The third-order valence-corrected chi connectivity index (χ3v) is 3.59. The van der Waals surface area contributed by atoms with Gasteiger partial charge in [0.15, 0.2) is 0 Å². The Balaban J connectivity index is 2.83. The van der Waals surface area contributed by atoms with Crippen molar-refractivity contribution < 1.29 is 14.7 Å². The molecule has 1 N–H and O–H groups in total. The Labute approximate surface area is 109 Å². The van der Waals surface area contributed by atoms with Crippen LogP contribution in [0.5, 0.6) is 0 Å². The van der Waals surface area contributed by atoms with Crippen LogP contribution in [-0.2, 0) is 4.79 Å². The van der Waals surface area contributed by atoms with Gasteiger partial charge in [-0.2, -0.15) is 0 Å². The number of carbonyl (C=O) groups is 2. The van der Waals surface area contributed by atoms with E-state index in [1.807, 2.05) is 13.8 Å². The maximum Gasteiger partial charge on any atom is 0.329 e. The van der Waals surface area contributed by atoms with Gasteiger partial charge in [0.25, 0.3) is 0 Å². The van der Waals surface area contributed by atoms with Crippen molar-refractivity contribution in [3.05, 3.63) is 0 Å². The molecule has 104 valence electrons.